The molecule has 0 atom stereocenters. The molecule has 0 fully saturated rings. The van der Waals surface area contributed by atoms with E-state index in [-0.39, 0.29) is 18.9 Å². The Morgan fingerprint density at radius 2 is 1.92 bits per heavy atom. The zero-order chi connectivity index (χ0) is 17.4. The number of methoxy groups -OCH3 is 2. The van der Waals surface area contributed by atoms with Gasteiger partial charge in [0.2, 0.25) is 0 Å². The van der Waals surface area contributed by atoms with Gasteiger partial charge >= 0.3 is 5.97 Å². The Hall–Kier alpha value is -2.54. The second kappa shape index (κ2) is 8.93. The van der Waals surface area contributed by atoms with Crippen LogP contribution in [-0.4, -0.2) is 32.7 Å². The molecule has 1 aromatic heterocycles. The summed E-state index contributed by atoms with van der Waals surface area (Å²) in [5, 5.41) is 4.58. The predicted octanol–water partition coefficient (Wildman–Crippen LogP) is 2.17. The molecular weight excluding hydrogens is 330 g/mol. The monoisotopic (exact) mass is 349 g/mol. The summed E-state index contributed by atoms with van der Waals surface area (Å²) < 4.78 is 15.3. The van der Waals surface area contributed by atoms with Crippen LogP contribution >= 0.6 is 11.3 Å². The Morgan fingerprint density at radius 3 is 2.58 bits per heavy atom. The number of thiophene rings is 1. The van der Waals surface area contributed by atoms with Gasteiger partial charge in [-0.05, 0) is 29.1 Å². The molecule has 1 amide bonds. The third-order valence-electron chi connectivity index (χ3n) is 3.20. The highest BCUT2D eigenvalue weighted by atomic mass is 32.1. The van der Waals surface area contributed by atoms with Crippen molar-refractivity contribution in [3.05, 3.63) is 46.2 Å². The number of hydrogen-bond acceptors (Lipinski definition) is 6. The van der Waals surface area contributed by atoms with Gasteiger partial charge in [-0.3, -0.25) is 9.59 Å². The van der Waals surface area contributed by atoms with Crippen molar-refractivity contribution in [2.75, 3.05) is 20.8 Å². The van der Waals surface area contributed by atoms with Gasteiger partial charge in [0.15, 0.2) is 18.1 Å². The van der Waals surface area contributed by atoms with E-state index in [1.54, 1.807) is 26.4 Å². The molecule has 128 valence electrons. The number of carbonyl (C=O) groups excluding carboxylic acids is 2. The van der Waals surface area contributed by atoms with Gasteiger partial charge in [0.25, 0.3) is 5.91 Å². The molecule has 7 heteroatoms. The van der Waals surface area contributed by atoms with Crippen molar-refractivity contribution >= 4 is 23.2 Å². The van der Waals surface area contributed by atoms with Crippen molar-refractivity contribution < 1.29 is 23.8 Å². The van der Waals surface area contributed by atoms with E-state index in [4.69, 9.17) is 14.2 Å². The lowest BCUT2D eigenvalue weighted by Gasteiger charge is -2.10. The highest BCUT2D eigenvalue weighted by Gasteiger charge is 2.10. The lowest BCUT2D eigenvalue weighted by molar-refractivity contribution is -0.147. The van der Waals surface area contributed by atoms with Gasteiger partial charge in [0.1, 0.15) is 0 Å². The molecule has 1 N–H and O–H groups in total. The van der Waals surface area contributed by atoms with E-state index in [2.05, 4.69) is 5.32 Å². The molecule has 0 aliphatic rings. The second-order valence-electron chi connectivity index (χ2n) is 4.88. The number of benzene rings is 1. The highest BCUT2D eigenvalue weighted by Crippen LogP contribution is 2.27. The van der Waals surface area contributed by atoms with Crippen molar-refractivity contribution in [1.82, 2.24) is 5.32 Å². The van der Waals surface area contributed by atoms with E-state index in [0.29, 0.717) is 18.0 Å². The second-order valence-corrected chi connectivity index (χ2v) is 5.92. The smallest absolute Gasteiger partial charge is 0.311 e. The summed E-state index contributed by atoms with van der Waals surface area (Å²) in [6.45, 7) is 0.0131. The minimum absolute atomic E-state index is 0.181. The number of hydrogen-bond donors (Lipinski definition) is 1. The standard InChI is InChI=1S/C17H19NO5S/c1-21-14-6-5-12(8-15(14)22-2)10-18-16(19)11-23-17(20)9-13-4-3-7-24-13/h3-8H,9-11H2,1-2H3,(H,18,19). The molecule has 2 aromatic rings. The van der Waals surface area contributed by atoms with Gasteiger partial charge in [0.05, 0.1) is 20.6 Å². The molecule has 0 saturated carbocycles. The number of ether oxygens (including phenoxy) is 3. The lowest BCUT2D eigenvalue weighted by atomic mass is 10.2. The molecule has 0 saturated heterocycles. The van der Waals surface area contributed by atoms with Crippen LogP contribution in [0.25, 0.3) is 0 Å². The maximum absolute atomic E-state index is 11.8. The number of esters is 1. The molecule has 0 bridgehead atoms. The zero-order valence-electron chi connectivity index (χ0n) is 13.5. The van der Waals surface area contributed by atoms with Crippen LogP contribution < -0.4 is 14.8 Å². The first-order chi connectivity index (χ1) is 11.6. The van der Waals surface area contributed by atoms with Gasteiger partial charge in [-0.1, -0.05) is 12.1 Å². The normalized spacial score (nSPS) is 10.1. The van der Waals surface area contributed by atoms with Crippen LogP contribution in [-0.2, 0) is 27.3 Å². The van der Waals surface area contributed by atoms with Crippen molar-refractivity contribution in [3.8, 4) is 11.5 Å². The summed E-state index contributed by atoms with van der Waals surface area (Å²) in [6, 6.07) is 9.08. The Bertz CT molecular complexity index is 684. The minimum atomic E-state index is -0.418. The lowest BCUT2D eigenvalue weighted by Crippen LogP contribution is -2.28. The molecule has 6 nitrogen and oxygen atoms in total. The van der Waals surface area contributed by atoms with Crippen LogP contribution in [0.2, 0.25) is 0 Å². The van der Waals surface area contributed by atoms with Crippen LogP contribution in [0, 0.1) is 0 Å². The first kappa shape index (κ1) is 17.8. The average molecular weight is 349 g/mol. The summed E-state index contributed by atoms with van der Waals surface area (Å²) in [7, 11) is 3.11. The fraction of sp³-hybridized carbons (Fsp3) is 0.294. The van der Waals surface area contributed by atoms with E-state index in [1.807, 2.05) is 23.6 Å². The van der Waals surface area contributed by atoms with E-state index < -0.39 is 5.97 Å². The molecule has 2 rings (SSSR count). The Morgan fingerprint density at radius 1 is 1.12 bits per heavy atom. The first-order valence-corrected chi connectivity index (χ1v) is 8.16. The molecular formula is C17H19NO5S. The summed E-state index contributed by atoms with van der Waals surface area (Å²) >= 11 is 1.48. The number of amides is 1. The molecule has 0 aliphatic heterocycles. The molecule has 1 aromatic carbocycles. The third kappa shape index (κ3) is 5.27. The van der Waals surface area contributed by atoms with Crippen molar-refractivity contribution in [3.63, 3.8) is 0 Å². The highest BCUT2D eigenvalue weighted by molar-refractivity contribution is 7.10. The average Bonchev–Trinajstić information content (AvgIpc) is 3.10. The predicted molar refractivity (Wildman–Crippen MR) is 90.4 cm³/mol. The topological polar surface area (TPSA) is 73.9 Å². The van der Waals surface area contributed by atoms with Crippen LogP contribution in [0.5, 0.6) is 11.5 Å². The van der Waals surface area contributed by atoms with E-state index in [1.165, 1.54) is 11.3 Å². The summed E-state index contributed by atoms with van der Waals surface area (Å²) in [6.07, 6.45) is 0.181. The molecule has 0 spiro atoms. The maximum atomic E-state index is 11.8. The number of carbonyl (C=O) groups is 2. The molecule has 1 heterocycles. The maximum Gasteiger partial charge on any atom is 0.311 e. The molecule has 0 unspecified atom stereocenters. The fourth-order valence-corrected chi connectivity index (χ4v) is 2.69. The van der Waals surface area contributed by atoms with Gasteiger partial charge in [-0.15, -0.1) is 11.3 Å². The Labute approximate surface area is 144 Å². The largest absolute Gasteiger partial charge is 0.493 e. The van der Waals surface area contributed by atoms with E-state index >= 15 is 0 Å². The third-order valence-corrected chi connectivity index (χ3v) is 4.08. The van der Waals surface area contributed by atoms with Crippen molar-refractivity contribution in [1.29, 1.82) is 0 Å². The van der Waals surface area contributed by atoms with E-state index in [0.717, 1.165) is 10.4 Å². The molecule has 0 radical (unpaired) electrons. The fourth-order valence-electron chi connectivity index (χ4n) is 1.99. The van der Waals surface area contributed by atoms with Gasteiger partial charge in [-0.2, -0.15) is 0 Å². The number of nitrogens with one attached hydrogen (secondary N) is 1. The Balaban J connectivity index is 1.75. The van der Waals surface area contributed by atoms with Crippen LogP contribution in [0.1, 0.15) is 10.4 Å². The first-order valence-electron chi connectivity index (χ1n) is 7.28. The Kier molecular flexibility index (Phi) is 6.62. The van der Waals surface area contributed by atoms with Gasteiger partial charge in [0, 0.05) is 11.4 Å². The van der Waals surface area contributed by atoms with Crippen LogP contribution in [0.3, 0.4) is 0 Å². The summed E-state index contributed by atoms with van der Waals surface area (Å²) in [4.78, 5) is 24.3. The number of rotatable bonds is 8. The zero-order valence-corrected chi connectivity index (χ0v) is 14.4. The molecule has 24 heavy (non-hydrogen) atoms. The minimum Gasteiger partial charge on any atom is -0.493 e. The van der Waals surface area contributed by atoms with Crippen molar-refractivity contribution in [2.45, 2.75) is 13.0 Å². The van der Waals surface area contributed by atoms with E-state index in [9.17, 15) is 9.59 Å². The van der Waals surface area contributed by atoms with Crippen LogP contribution in [0.15, 0.2) is 35.7 Å². The van der Waals surface area contributed by atoms with Crippen LogP contribution in [0.4, 0.5) is 0 Å². The summed E-state index contributed by atoms with van der Waals surface area (Å²) in [5.41, 5.74) is 0.853. The van der Waals surface area contributed by atoms with Gasteiger partial charge in [-0.25, -0.2) is 0 Å². The molecule has 0 aliphatic carbocycles. The summed E-state index contributed by atoms with van der Waals surface area (Å²) in [5.74, 6) is 0.435. The SMILES string of the molecule is COc1ccc(CNC(=O)COC(=O)Cc2cccs2)cc1OC. The van der Waals surface area contributed by atoms with Gasteiger partial charge < -0.3 is 19.5 Å². The quantitative estimate of drug-likeness (QED) is 0.740. The van der Waals surface area contributed by atoms with Crippen molar-refractivity contribution in [2.24, 2.45) is 0 Å².